The van der Waals surface area contributed by atoms with Crippen molar-refractivity contribution in [2.45, 2.75) is 12.4 Å². The minimum atomic E-state index is -5.30. The third kappa shape index (κ3) is 8.22. The summed E-state index contributed by atoms with van der Waals surface area (Å²) in [6.45, 7) is 9.14. The first-order chi connectivity index (χ1) is 48.9. The number of halogens is 6. The van der Waals surface area contributed by atoms with E-state index in [4.69, 9.17) is 6.57 Å². The van der Waals surface area contributed by atoms with Gasteiger partial charge in [0.15, 0.2) is 5.69 Å². The molecule has 0 bridgehead atoms. The lowest BCUT2D eigenvalue weighted by Gasteiger charge is -2.22. The Bertz CT molecular complexity index is 6420. The number of benzene rings is 14. The van der Waals surface area contributed by atoms with E-state index in [2.05, 4.69) is 202 Å². The second-order valence-corrected chi connectivity index (χ2v) is 25.7. The van der Waals surface area contributed by atoms with Gasteiger partial charge in [-0.05, 0) is 132 Å². The van der Waals surface area contributed by atoms with Crippen LogP contribution in [0.5, 0.6) is 0 Å². The maximum Gasteiger partial charge on any atom is 0.416 e. The molecule has 0 saturated heterocycles. The molecule has 0 aliphatic carbocycles. The Morgan fingerprint density at radius 2 is 0.490 bits per heavy atom. The van der Waals surface area contributed by atoms with Crippen molar-refractivity contribution < 1.29 is 26.3 Å². The van der Waals surface area contributed by atoms with Crippen LogP contribution in [0, 0.1) is 6.57 Å². The normalized spacial score (nSPS) is 12.5. The Morgan fingerprint density at radius 1 is 0.230 bits per heavy atom. The summed E-state index contributed by atoms with van der Waals surface area (Å²) >= 11 is 0. The summed E-state index contributed by atoms with van der Waals surface area (Å²) < 4.78 is 106. The van der Waals surface area contributed by atoms with Crippen molar-refractivity contribution in [1.29, 1.82) is 0 Å². The van der Waals surface area contributed by atoms with Crippen LogP contribution < -0.4 is 0 Å². The van der Waals surface area contributed by atoms with Crippen molar-refractivity contribution in [3.63, 3.8) is 0 Å². The molecule has 0 amide bonds. The topological polar surface area (TPSA) is 33.9 Å². The molecule has 0 fully saturated rings. The largest absolute Gasteiger partial charge is 0.416 e. The molecule has 0 saturated carbocycles. The summed E-state index contributed by atoms with van der Waals surface area (Å²) in [4.78, 5) is 4.11. The fraction of sp³-hybridized carbons (Fsp3) is 0.0230. The number of aromatic nitrogens is 6. The smallest absolute Gasteiger partial charge is 0.309 e. The molecule has 0 spiro atoms. The summed E-state index contributed by atoms with van der Waals surface area (Å²) in [7, 11) is 0. The summed E-state index contributed by atoms with van der Waals surface area (Å²) in [6, 6.07) is 96.3. The van der Waals surface area contributed by atoms with E-state index in [1.54, 1.807) is 12.1 Å². The lowest BCUT2D eigenvalue weighted by Crippen LogP contribution is -2.12. The van der Waals surface area contributed by atoms with Crippen LogP contribution in [0.1, 0.15) is 11.1 Å². The predicted octanol–water partition coefficient (Wildman–Crippen LogP) is 24.5. The predicted molar refractivity (Wildman–Crippen MR) is 394 cm³/mol. The maximum absolute atomic E-state index is 16.0. The maximum atomic E-state index is 16.0. The molecular formula is C87H49F6N7. The van der Waals surface area contributed by atoms with E-state index in [0.29, 0.717) is 39.5 Å². The van der Waals surface area contributed by atoms with Crippen LogP contribution in [0.15, 0.2) is 297 Å². The lowest BCUT2D eigenvalue weighted by molar-refractivity contribution is -0.142. The van der Waals surface area contributed by atoms with Crippen LogP contribution in [-0.4, -0.2) is 27.4 Å². The van der Waals surface area contributed by atoms with E-state index in [9.17, 15) is 13.2 Å². The highest BCUT2D eigenvalue weighted by Crippen LogP contribution is 2.50. The molecule has 0 atom stereocenters. The van der Waals surface area contributed by atoms with Crippen molar-refractivity contribution >= 4 is 137 Å². The zero-order chi connectivity index (χ0) is 67.0. The van der Waals surface area contributed by atoms with Crippen molar-refractivity contribution in [1.82, 2.24) is 27.4 Å². The number of para-hydroxylation sites is 8. The quantitative estimate of drug-likeness (QED) is 0.113. The first-order valence-corrected chi connectivity index (χ1v) is 32.8. The van der Waals surface area contributed by atoms with Crippen molar-refractivity contribution in [2.24, 2.45) is 0 Å². The van der Waals surface area contributed by atoms with Gasteiger partial charge >= 0.3 is 12.4 Å². The monoisotopic (exact) mass is 1310 g/mol. The molecule has 0 unspecified atom stereocenters. The highest BCUT2D eigenvalue weighted by atomic mass is 19.4. The van der Waals surface area contributed by atoms with Gasteiger partial charge in [-0.25, -0.2) is 4.85 Å². The van der Waals surface area contributed by atoms with E-state index in [-0.39, 0.29) is 17.3 Å². The molecule has 0 N–H and O–H groups in total. The zero-order valence-corrected chi connectivity index (χ0v) is 52.7. The van der Waals surface area contributed by atoms with Gasteiger partial charge in [-0.1, -0.05) is 176 Å². The minimum absolute atomic E-state index is 0.159. The van der Waals surface area contributed by atoms with Crippen LogP contribution in [0.2, 0.25) is 0 Å². The standard InChI is InChI=1S/C87H49F6N7/c1-94-71-50-85(100-82-47-54(97-76-30-14-6-22-61(76)62-23-7-15-31-77(62)97)37-42-67(82)68-43-38-55(48-83(68)100)98-78-32-16-8-24-63(78)64-25-9-17-33-79(64)98)84(49-69(71)56-39-34-51(86(88,89)90)44-70(56)87(91,92)93)99-80-45-52(95-72-26-10-2-18-57(72)58-19-3-11-27-73(58)95)35-40-65(80)66-41-36-53(46-81(66)99)96-74-28-12-4-20-59(74)60-21-5-13-29-75(60)96/h2-50H. The molecule has 0 radical (unpaired) electrons. The van der Waals surface area contributed by atoms with Gasteiger partial charge in [-0.3, -0.25) is 0 Å². The Balaban J connectivity index is 0.976. The molecule has 14 aromatic carbocycles. The highest BCUT2D eigenvalue weighted by molar-refractivity contribution is 6.17. The summed E-state index contributed by atoms with van der Waals surface area (Å²) in [6.07, 6.45) is -10.4. The van der Waals surface area contributed by atoms with E-state index >= 15 is 13.2 Å². The lowest BCUT2D eigenvalue weighted by atomic mass is 9.94. The third-order valence-electron chi connectivity index (χ3n) is 20.5. The molecule has 7 nitrogen and oxygen atoms in total. The highest BCUT2D eigenvalue weighted by Gasteiger charge is 2.39. The van der Waals surface area contributed by atoms with Crippen LogP contribution in [0.4, 0.5) is 32.0 Å². The number of hydrogen-bond donors (Lipinski definition) is 0. The van der Waals surface area contributed by atoms with E-state index < -0.39 is 29.0 Å². The first-order valence-electron chi connectivity index (χ1n) is 32.8. The number of alkyl halides is 6. The van der Waals surface area contributed by atoms with E-state index in [1.165, 1.54) is 0 Å². The van der Waals surface area contributed by atoms with Gasteiger partial charge in [0.05, 0.1) is 95.3 Å². The van der Waals surface area contributed by atoms with Crippen LogP contribution in [0.25, 0.3) is 181 Å². The summed E-state index contributed by atoms with van der Waals surface area (Å²) in [5.41, 5.74) is 10.4. The molecule has 20 aromatic rings. The Kier molecular flexibility index (Phi) is 12.0. The molecule has 6 aromatic heterocycles. The van der Waals surface area contributed by atoms with Crippen LogP contribution in [0.3, 0.4) is 0 Å². The number of hydrogen-bond acceptors (Lipinski definition) is 0. The van der Waals surface area contributed by atoms with Gasteiger partial charge in [0.1, 0.15) is 0 Å². The van der Waals surface area contributed by atoms with Gasteiger partial charge in [-0.15, -0.1) is 0 Å². The molecule has 20 rings (SSSR count). The fourth-order valence-corrected chi connectivity index (χ4v) is 16.3. The summed E-state index contributed by atoms with van der Waals surface area (Å²) in [5, 5.41) is 11.7. The Labute approximate surface area is 564 Å². The summed E-state index contributed by atoms with van der Waals surface area (Å²) in [5.74, 6) is 0. The van der Waals surface area contributed by atoms with Gasteiger partial charge in [0.25, 0.3) is 0 Å². The van der Waals surface area contributed by atoms with Gasteiger partial charge < -0.3 is 27.4 Å². The average molecular weight is 1310 g/mol. The van der Waals surface area contributed by atoms with Gasteiger partial charge in [0, 0.05) is 87.4 Å². The minimum Gasteiger partial charge on any atom is -0.309 e. The molecule has 0 aliphatic heterocycles. The Morgan fingerprint density at radius 3 is 0.750 bits per heavy atom. The number of rotatable bonds is 7. The van der Waals surface area contributed by atoms with E-state index in [0.717, 1.165) is 138 Å². The third-order valence-corrected chi connectivity index (χ3v) is 20.5. The fourth-order valence-electron chi connectivity index (χ4n) is 16.3. The van der Waals surface area contributed by atoms with E-state index in [1.807, 2.05) is 97.1 Å². The SMILES string of the molecule is [C-]#[N+]c1cc(-n2c3cc(-n4c5ccccc5c5ccccc54)ccc3c3ccc(-n4c5ccccc5c5ccccc54)cc32)c(-n2c3cc(-n4c5ccccc5c5ccccc54)ccc3c3ccc(-n4c5ccccc5c5ccccc54)cc32)cc1-c1ccc(C(F)(F)F)cc1C(F)(F)F. The van der Waals surface area contributed by atoms with Gasteiger partial charge in [0.2, 0.25) is 0 Å². The second kappa shape index (κ2) is 21.0. The van der Waals surface area contributed by atoms with Crippen LogP contribution >= 0.6 is 0 Å². The van der Waals surface area contributed by atoms with Crippen LogP contribution in [-0.2, 0) is 12.4 Å². The van der Waals surface area contributed by atoms with Crippen molar-refractivity contribution in [3.05, 3.63) is 320 Å². The first kappa shape index (κ1) is 57.2. The number of fused-ring (bicyclic) bond motifs is 18. The zero-order valence-electron chi connectivity index (χ0n) is 52.7. The molecular weight excluding hydrogens is 1260 g/mol. The molecule has 13 heteroatoms. The van der Waals surface area contributed by atoms with Crippen molar-refractivity contribution in [2.75, 3.05) is 0 Å². The van der Waals surface area contributed by atoms with Crippen molar-refractivity contribution in [3.8, 4) is 45.3 Å². The molecule has 474 valence electrons. The second-order valence-electron chi connectivity index (χ2n) is 25.7. The molecule has 6 heterocycles. The Hall–Kier alpha value is -13.1. The average Bonchev–Trinajstić information content (AvgIpc) is 1.53. The molecule has 0 aliphatic rings. The van der Waals surface area contributed by atoms with Gasteiger partial charge in [-0.2, -0.15) is 26.3 Å². The number of nitrogens with zero attached hydrogens (tertiary/aromatic N) is 7. The molecule has 100 heavy (non-hydrogen) atoms.